The van der Waals surface area contributed by atoms with Crippen molar-refractivity contribution in [2.24, 2.45) is 0 Å². The number of hydrogen-bond donors (Lipinski definition) is 1. The Morgan fingerprint density at radius 3 is 2.31 bits per heavy atom. The number of hydrogen-bond acceptors (Lipinski definition) is 4. The Balaban J connectivity index is 1.58. The minimum absolute atomic E-state index is 0.0710. The van der Waals surface area contributed by atoms with E-state index in [0.29, 0.717) is 22.0 Å². The first-order valence-corrected chi connectivity index (χ1v) is 11.9. The number of benzene rings is 3. The Kier molecular flexibility index (Phi) is 7.07. The highest BCUT2D eigenvalue weighted by Gasteiger charge is 2.45. The first-order chi connectivity index (χ1) is 17.1. The molecule has 1 atom stereocenters. The molecule has 0 aromatic heterocycles. The van der Waals surface area contributed by atoms with Gasteiger partial charge < -0.3 is 10.1 Å². The van der Waals surface area contributed by atoms with E-state index in [0.717, 1.165) is 11.6 Å². The molecule has 1 N–H and O–H groups in total. The molecular formula is C27H23Cl2FN2O4. The van der Waals surface area contributed by atoms with Crippen LogP contribution in [0.5, 0.6) is 0 Å². The number of anilines is 2. The fourth-order valence-corrected chi connectivity index (χ4v) is 4.79. The lowest BCUT2D eigenvalue weighted by Crippen LogP contribution is -2.43. The van der Waals surface area contributed by atoms with Crippen molar-refractivity contribution in [2.45, 2.75) is 31.7 Å². The lowest BCUT2D eigenvalue weighted by atomic mass is 9.86. The zero-order valence-corrected chi connectivity index (χ0v) is 21.3. The van der Waals surface area contributed by atoms with E-state index >= 15 is 0 Å². The highest BCUT2D eigenvalue weighted by Crippen LogP contribution is 2.48. The predicted molar refractivity (Wildman–Crippen MR) is 136 cm³/mol. The fourth-order valence-electron chi connectivity index (χ4n) is 4.29. The van der Waals surface area contributed by atoms with E-state index in [1.165, 1.54) is 19.2 Å². The summed E-state index contributed by atoms with van der Waals surface area (Å²) >= 11 is 12.4. The summed E-state index contributed by atoms with van der Waals surface area (Å²) in [5, 5.41) is 2.90. The van der Waals surface area contributed by atoms with Gasteiger partial charge in [0.25, 0.3) is 5.91 Å². The van der Waals surface area contributed by atoms with Crippen molar-refractivity contribution in [3.8, 4) is 0 Å². The second-order valence-electron chi connectivity index (χ2n) is 8.92. The van der Waals surface area contributed by atoms with E-state index in [2.05, 4.69) is 5.32 Å². The van der Waals surface area contributed by atoms with Crippen LogP contribution in [0.3, 0.4) is 0 Å². The van der Waals surface area contributed by atoms with Crippen LogP contribution in [0.15, 0.2) is 60.7 Å². The molecule has 186 valence electrons. The number of esters is 1. The molecule has 0 saturated carbocycles. The first kappa shape index (κ1) is 25.7. The topological polar surface area (TPSA) is 75.7 Å². The van der Waals surface area contributed by atoms with Crippen LogP contribution in [0.25, 0.3) is 0 Å². The third-order valence-electron chi connectivity index (χ3n) is 6.24. The zero-order chi connectivity index (χ0) is 26.2. The summed E-state index contributed by atoms with van der Waals surface area (Å²) in [5.41, 5.74) is 1.68. The molecule has 2 amide bonds. The smallest absolute Gasteiger partial charge is 0.328 e. The van der Waals surface area contributed by atoms with Gasteiger partial charge in [0.1, 0.15) is 11.9 Å². The summed E-state index contributed by atoms with van der Waals surface area (Å²) in [6.07, 6.45) is 0.0710. The number of amides is 2. The fraction of sp³-hybridized carbons (Fsp3) is 0.222. The van der Waals surface area contributed by atoms with Gasteiger partial charge in [0.2, 0.25) is 5.91 Å². The normalized spacial score (nSPS) is 14.8. The van der Waals surface area contributed by atoms with E-state index < -0.39 is 29.2 Å². The number of methoxy groups -OCH3 is 1. The SMILES string of the molecule is COC(=O)C(Cc1ccc(N2C(=O)C(C)(C)c3cccc(Cl)c32)cc1)NC(=O)c1c(F)cccc1Cl. The second kappa shape index (κ2) is 9.91. The molecule has 1 unspecified atom stereocenters. The predicted octanol–water partition coefficient (Wildman–Crippen LogP) is 5.60. The molecular weight excluding hydrogens is 506 g/mol. The molecule has 0 saturated heterocycles. The van der Waals surface area contributed by atoms with Gasteiger partial charge in [-0.05, 0) is 55.3 Å². The lowest BCUT2D eigenvalue weighted by molar-refractivity contribution is -0.142. The van der Waals surface area contributed by atoms with Crippen LogP contribution in [0, 0.1) is 5.82 Å². The van der Waals surface area contributed by atoms with Crippen molar-refractivity contribution in [1.82, 2.24) is 5.32 Å². The monoisotopic (exact) mass is 528 g/mol. The van der Waals surface area contributed by atoms with Gasteiger partial charge in [-0.15, -0.1) is 0 Å². The van der Waals surface area contributed by atoms with Crippen molar-refractivity contribution in [1.29, 1.82) is 0 Å². The summed E-state index contributed by atoms with van der Waals surface area (Å²) in [6.45, 7) is 3.70. The van der Waals surface area contributed by atoms with Gasteiger partial charge in [0, 0.05) is 12.1 Å². The lowest BCUT2D eigenvalue weighted by Gasteiger charge is -2.22. The van der Waals surface area contributed by atoms with E-state index in [1.807, 2.05) is 26.0 Å². The summed E-state index contributed by atoms with van der Waals surface area (Å²) < 4.78 is 19.0. The highest BCUT2D eigenvalue weighted by molar-refractivity contribution is 6.35. The molecule has 0 bridgehead atoms. The van der Waals surface area contributed by atoms with Gasteiger partial charge in [0.05, 0.1) is 33.8 Å². The van der Waals surface area contributed by atoms with E-state index in [4.69, 9.17) is 27.9 Å². The number of ether oxygens (including phenoxy) is 1. The molecule has 6 nitrogen and oxygen atoms in total. The Morgan fingerprint density at radius 1 is 1.03 bits per heavy atom. The summed E-state index contributed by atoms with van der Waals surface area (Å²) in [7, 11) is 1.20. The van der Waals surface area contributed by atoms with Crippen molar-refractivity contribution in [2.75, 3.05) is 12.0 Å². The molecule has 0 radical (unpaired) electrons. The van der Waals surface area contributed by atoms with Gasteiger partial charge in [-0.3, -0.25) is 14.5 Å². The van der Waals surface area contributed by atoms with E-state index in [9.17, 15) is 18.8 Å². The number of para-hydroxylation sites is 1. The summed E-state index contributed by atoms with van der Waals surface area (Å²) in [6, 6.07) is 15.2. The number of nitrogens with one attached hydrogen (secondary N) is 1. The quantitative estimate of drug-likeness (QED) is 0.422. The molecule has 36 heavy (non-hydrogen) atoms. The Morgan fingerprint density at radius 2 is 1.67 bits per heavy atom. The van der Waals surface area contributed by atoms with Crippen LogP contribution in [0.2, 0.25) is 10.0 Å². The van der Waals surface area contributed by atoms with Crippen LogP contribution in [-0.2, 0) is 26.2 Å². The summed E-state index contributed by atoms with van der Waals surface area (Å²) in [4.78, 5) is 39.9. The van der Waals surface area contributed by atoms with Crippen molar-refractivity contribution in [3.63, 3.8) is 0 Å². The van der Waals surface area contributed by atoms with Gasteiger partial charge in [-0.2, -0.15) is 0 Å². The Hall–Kier alpha value is -3.42. The maximum atomic E-state index is 14.2. The molecule has 0 spiro atoms. The van der Waals surface area contributed by atoms with Crippen molar-refractivity contribution < 1.29 is 23.5 Å². The first-order valence-electron chi connectivity index (χ1n) is 11.1. The largest absolute Gasteiger partial charge is 0.467 e. The number of halogens is 3. The van der Waals surface area contributed by atoms with Gasteiger partial charge >= 0.3 is 5.97 Å². The molecule has 1 aliphatic heterocycles. The van der Waals surface area contributed by atoms with Gasteiger partial charge in [0.15, 0.2) is 0 Å². The molecule has 1 aliphatic rings. The standard InChI is InChI=1S/C27H23Cl2FN2O4/c1-27(2)17-6-4-8-19(29)23(17)32(26(27)35)16-12-10-15(11-13-16)14-21(25(34)36-3)31-24(33)22-18(28)7-5-9-20(22)30/h4-13,21H,14H2,1-3H3,(H,31,33). The molecule has 4 rings (SSSR count). The maximum absolute atomic E-state index is 14.2. The van der Waals surface area contributed by atoms with Gasteiger partial charge in [-0.25, -0.2) is 9.18 Å². The number of carbonyl (C=O) groups is 3. The Labute approximate surface area is 218 Å². The molecule has 1 heterocycles. The second-order valence-corrected chi connectivity index (χ2v) is 9.73. The number of carbonyl (C=O) groups excluding carboxylic acids is 3. The van der Waals surface area contributed by atoms with Crippen LogP contribution in [-0.4, -0.2) is 30.9 Å². The number of rotatable bonds is 6. The molecule has 0 fully saturated rings. The van der Waals surface area contributed by atoms with Crippen molar-refractivity contribution in [3.05, 3.63) is 93.2 Å². The number of fused-ring (bicyclic) bond motifs is 1. The van der Waals surface area contributed by atoms with Crippen LogP contribution in [0.4, 0.5) is 15.8 Å². The maximum Gasteiger partial charge on any atom is 0.328 e. The molecule has 9 heteroatoms. The van der Waals surface area contributed by atoms with Crippen molar-refractivity contribution >= 4 is 52.4 Å². The third kappa shape index (κ3) is 4.56. The highest BCUT2D eigenvalue weighted by atomic mass is 35.5. The minimum atomic E-state index is -1.09. The zero-order valence-electron chi connectivity index (χ0n) is 19.8. The van der Waals surface area contributed by atoms with Crippen LogP contribution < -0.4 is 10.2 Å². The molecule has 3 aromatic carbocycles. The average Bonchev–Trinajstić information content (AvgIpc) is 3.05. The Bertz CT molecular complexity index is 1340. The molecule has 3 aromatic rings. The molecule has 0 aliphatic carbocycles. The third-order valence-corrected chi connectivity index (χ3v) is 6.86. The average molecular weight is 529 g/mol. The van der Waals surface area contributed by atoms with E-state index in [-0.39, 0.29) is 22.9 Å². The van der Waals surface area contributed by atoms with Gasteiger partial charge in [-0.1, -0.05) is 53.5 Å². The minimum Gasteiger partial charge on any atom is -0.467 e. The summed E-state index contributed by atoms with van der Waals surface area (Å²) in [5.74, 6) is -2.44. The van der Waals surface area contributed by atoms with E-state index in [1.54, 1.807) is 35.2 Å². The number of nitrogens with zero attached hydrogens (tertiary/aromatic N) is 1. The van der Waals surface area contributed by atoms with Crippen LogP contribution in [0.1, 0.15) is 35.3 Å². The van der Waals surface area contributed by atoms with Crippen LogP contribution >= 0.6 is 23.2 Å².